The molecule has 1 aliphatic carbocycles. The van der Waals surface area contributed by atoms with Gasteiger partial charge in [-0.05, 0) is 37.9 Å². The molecule has 1 nitrogen and oxygen atoms in total. The second-order valence-electron chi connectivity index (χ2n) is 2.38. The molecule has 0 saturated heterocycles. The van der Waals surface area contributed by atoms with Gasteiger partial charge in [-0.15, -0.1) is 0 Å². The van der Waals surface area contributed by atoms with Gasteiger partial charge in [0.05, 0.1) is 0 Å². The molecule has 0 aromatic rings. The van der Waals surface area contributed by atoms with E-state index in [0.29, 0.717) is 0 Å². The summed E-state index contributed by atoms with van der Waals surface area (Å²) in [6.45, 7) is 0. The molecular weight excluding hydrogens is 500 g/mol. The maximum atomic E-state index is 5.65. The molecule has 1 rings (SSSR count). The summed E-state index contributed by atoms with van der Waals surface area (Å²) >= 11 is 16.9. The topological polar surface area (TPSA) is 9.23 Å². The quantitative estimate of drug-likeness (QED) is 0.474. The highest BCUT2D eigenvalue weighted by Gasteiger charge is 2.45. The number of rotatable bonds is 2. The van der Waals surface area contributed by atoms with Crippen molar-refractivity contribution in [1.82, 2.24) is 0 Å². The van der Waals surface area contributed by atoms with Crippen molar-refractivity contribution in [2.24, 2.45) is 0 Å². The summed E-state index contributed by atoms with van der Waals surface area (Å²) in [5.41, 5.74) is 0. The molecule has 0 aromatic carbocycles. The Labute approximate surface area is 119 Å². The zero-order valence-electron chi connectivity index (χ0n) is 6.24. The van der Waals surface area contributed by atoms with Gasteiger partial charge in [0, 0.05) is 6.42 Å². The lowest BCUT2D eigenvalue weighted by molar-refractivity contribution is 0.179. The Kier molecular flexibility index (Phi) is 4.59. The van der Waals surface area contributed by atoms with Crippen LogP contribution in [0, 0.1) is 0 Å². The molecule has 0 heterocycles. The van der Waals surface area contributed by atoms with E-state index < -0.39 is 5.56 Å². The highest BCUT2D eigenvalue weighted by molar-refractivity contribution is 9.41. The zero-order chi connectivity index (χ0) is 10.1. The van der Waals surface area contributed by atoms with Crippen LogP contribution in [-0.4, -0.2) is 5.56 Å². The van der Waals surface area contributed by atoms with E-state index in [4.69, 9.17) is 4.74 Å². The van der Waals surface area contributed by atoms with Crippen LogP contribution >= 0.6 is 79.6 Å². The fourth-order valence-electron chi connectivity index (χ4n) is 0.726. The second-order valence-corrected chi connectivity index (χ2v) is 12.4. The fraction of sp³-hybridized carbons (Fsp3) is 0.429. The molecule has 0 N–H and O–H groups in total. The number of allylic oxidation sites excluding steroid dienone is 3. The second kappa shape index (κ2) is 4.68. The van der Waals surface area contributed by atoms with Gasteiger partial charge in [-0.1, -0.05) is 59.9 Å². The molecule has 0 unspecified atom stereocenters. The first-order valence-electron chi connectivity index (χ1n) is 3.32. The van der Waals surface area contributed by atoms with Gasteiger partial charge in [0.15, 0.2) is 2.14 Å². The third-order valence-corrected chi connectivity index (χ3v) is 7.71. The standard InChI is InChI=1S/C7H5Br5O/c8-6(9,10)7(11,12)13-5-3-1-2-4-5/h1-3H,4H2. The van der Waals surface area contributed by atoms with Gasteiger partial charge in [-0.25, -0.2) is 0 Å². The van der Waals surface area contributed by atoms with Crippen LogP contribution in [0.5, 0.6) is 0 Å². The minimum absolute atomic E-state index is 0.566. The molecule has 0 fully saturated rings. The van der Waals surface area contributed by atoms with Gasteiger partial charge in [0.25, 0.3) is 3.42 Å². The van der Waals surface area contributed by atoms with Crippen LogP contribution in [0.3, 0.4) is 0 Å². The van der Waals surface area contributed by atoms with Crippen molar-refractivity contribution in [2.75, 3.05) is 0 Å². The Morgan fingerprint density at radius 1 is 1.15 bits per heavy atom. The molecule has 1 aliphatic rings. The van der Waals surface area contributed by atoms with Crippen LogP contribution in [0.2, 0.25) is 0 Å². The first-order chi connectivity index (χ1) is 5.83. The zero-order valence-corrected chi connectivity index (χ0v) is 14.2. The molecular formula is C7H5Br5O. The van der Waals surface area contributed by atoms with E-state index in [2.05, 4.69) is 79.6 Å². The number of hydrogen-bond acceptors (Lipinski definition) is 1. The Balaban J connectivity index is 2.62. The molecule has 0 atom stereocenters. The molecule has 6 heteroatoms. The van der Waals surface area contributed by atoms with Crippen LogP contribution in [0.1, 0.15) is 6.42 Å². The lowest BCUT2D eigenvalue weighted by atomic mass is 10.4. The Hall–Kier alpha value is 1.68. The minimum Gasteiger partial charge on any atom is -0.467 e. The van der Waals surface area contributed by atoms with Crippen molar-refractivity contribution < 1.29 is 4.74 Å². The van der Waals surface area contributed by atoms with Crippen LogP contribution < -0.4 is 0 Å². The van der Waals surface area contributed by atoms with E-state index in [0.717, 1.165) is 12.2 Å². The van der Waals surface area contributed by atoms with E-state index in [-0.39, 0.29) is 0 Å². The van der Waals surface area contributed by atoms with Crippen molar-refractivity contribution in [3.05, 3.63) is 24.0 Å². The van der Waals surface area contributed by atoms with Gasteiger partial charge in [-0.2, -0.15) is 0 Å². The Morgan fingerprint density at radius 3 is 2.15 bits per heavy atom. The monoisotopic (exact) mass is 500 g/mol. The van der Waals surface area contributed by atoms with Crippen LogP contribution in [0.25, 0.3) is 0 Å². The summed E-state index contributed by atoms with van der Waals surface area (Å²) in [6, 6.07) is 0. The molecule has 0 radical (unpaired) electrons. The third kappa shape index (κ3) is 3.63. The van der Waals surface area contributed by atoms with Crippen molar-refractivity contribution in [2.45, 2.75) is 12.0 Å². The summed E-state index contributed by atoms with van der Waals surface area (Å²) in [7, 11) is 0. The normalized spacial score (nSPS) is 17.5. The Bertz CT molecular complexity index is 250. The first kappa shape index (κ1) is 12.7. The highest BCUT2D eigenvalue weighted by atomic mass is 80.0. The number of hydrogen-bond donors (Lipinski definition) is 0. The number of halogens is 5. The van der Waals surface area contributed by atoms with Gasteiger partial charge < -0.3 is 4.74 Å². The molecule has 0 aromatic heterocycles. The van der Waals surface area contributed by atoms with E-state index in [1.165, 1.54) is 0 Å². The highest BCUT2D eigenvalue weighted by Crippen LogP contribution is 2.54. The van der Waals surface area contributed by atoms with Gasteiger partial charge in [0.1, 0.15) is 5.76 Å². The van der Waals surface area contributed by atoms with Crippen molar-refractivity contribution >= 4 is 79.6 Å². The van der Waals surface area contributed by atoms with Crippen LogP contribution in [0.15, 0.2) is 24.0 Å². The smallest absolute Gasteiger partial charge is 0.252 e. The van der Waals surface area contributed by atoms with Crippen LogP contribution in [-0.2, 0) is 4.74 Å². The minimum atomic E-state index is -0.731. The lowest BCUT2D eigenvalue weighted by Crippen LogP contribution is -2.31. The molecule has 13 heavy (non-hydrogen) atoms. The lowest BCUT2D eigenvalue weighted by Gasteiger charge is -2.30. The molecule has 0 bridgehead atoms. The largest absolute Gasteiger partial charge is 0.467 e. The average Bonchev–Trinajstić information content (AvgIpc) is 2.35. The first-order valence-corrected chi connectivity index (χ1v) is 7.29. The SMILES string of the molecule is BrC(Br)(Br)C(Br)(Br)OC1=CC=CC1. The number of alkyl halides is 5. The van der Waals surface area contributed by atoms with Crippen LogP contribution in [0.4, 0.5) is 0 Å². The maximum absolute atomic E-state index is 5.65. The average molecular weight is 505 g/mol. The van der Waals surface area contributed by atoms with Gasteiger partial charge in [-0.3, -0.25) is 0 Å². The van der Waals surface area contributed by atoms with E-state index in [1.807, 2.05) is 18.2 Å². The maximum Gasteiger partial charge on any atom is 0.252 e. The molecule has 0 aliphatic heterocycles. The summed E-state index contributed by atoms with van der Waals surface area (Å²) in [4.78, 5) is 0. The van der Waals surface area contributed by atoms with E-state index in [9.17, 15) is 0 Å². The van der Waals surface area contributed by atoms with E-state index >= 15 is 0 Å². The molecule has 0 spiro atoms. The van der Waals surface area contributed by atoms with Crippen molar-refractivity contribution in [3.8, 4) is 0 Å². The number of ether oxygens (including phenoxy) is 1. The third-order valence-electron chi connectivity index (χ3n) is 1.33. The molecule has 0 saturated carbocycles. The summed E-state index contributed by atoms with van der Waals surface area (Å²) in [5.74, 6) is 0.900. The predicted octanol–water partition coefficient (Wildman–Crippen LogP) is 5.13. The fourth-order valence-corrected chi connectivity index (χ4v) is 1.38. The van der Waals surface area contributed by atoms with Crippen molar-refractivity contribution in [1.29, 1.82) is 0 Å². The van der Waals surface area contributed by atoms with Crippen molar-refractivity contribution in [3.63, 3.8) is 0 Å². The molecule has 0 amide bonds. The predicted molar refractivity (Wildman–Crippen MR) is 73.0 cm³/mol. The van der Waals surface area contributed by atoms with Gasteiger partial charge in [0.2, 0.25) is 0 Å². The Morgan fingerprint density at radius 2 is 1.77 bits per heavy atom. The summed E-state index contributed by atoms with van der Waals surface area (Å²) in [5, 5.41) is 0. The summed E-state index contributed by atoms with van der Waals surface area (Å²) in [6.07, 6.45) is 6.74. The van der Waals surface area contributed by atoms with Gasteiger partial charge >= 0.3 is 0 Å². The van der Waals surface area contributed by atoms with E-state index in [1.54, 1.807) is 0 Å². The summed E-state index contributed by atoms with van der Waals surface area (Å²) < 4.78 is 4.36. The molecule has 74 valence electrons.